The molecule has 3 heteroatoms. The SMILES string of the molecule is CCc1cccc2c(C=O)c(-c3cc(C)ccc3OC)[nH]c12. The Kier molecular flexibility index (Phi) is 3.72. The van der Waals surface area contributed by atoms with Crippen molar-refractivity contribution < 1.29 is 9.53 Å². The Bertz CT molecular complexity index is 846. The van der Waals surface area contributed by atoms with E-state index in [-0.39, 0.29) is 0 Å². The molecule has 1 aromatic heterocycles. The predicted octanol–water partition coefficient (Wildman–Crippen LogP) is 4.53. The number of benzene rings is 2. The van der Waals surface area contributed by atoms with Crippen LogP contribution in [0.15, 0.2) is 36.4 Å². The molecule has 0 saturated heterocycles. The van der Waals surface area contributed by atoms with Crippen molar-refractivity contribution in [2.75, 3.05) is 7.11 Å². The number of para-hydroxylation sites is 1. The summed E-state index contributed by atoms with van der Waals surface area (Å²) in [6, 6.07) is 12.1. The Morgan fingerprint density at radius 2 is 2.05 bits per heavy atom. The van der Waals surface area contributed by atoms with E-state index in [1.165, 1.54) is 5.56 Å². The van der Waals surface area contributed by atoms with Crippen LogP contribution in [0.25, 0.3) is 22.2 Å². The number of methoxy groups -OCH3 is 1. The number of aromatic nitrogens is 1. The van der Waals surface area contributed by atoms with E-state index in [9.17, 15) is 4.79 Å². The van der Waals surface area contributed by atoms with E-state index in [2.05, 4.69) is 18.0 Å². The van der Waals surface area contributed by atoms with Gasteiger partial charge in [0, 0.05) is 22.0 Å². The minimum Gasteiger partial charge on any atom is -0.496 e. The smallest absolute Gasteiger partial charge is 0.152 e. The van der Waals surface area contributed by atoms with Crippen molar-refractivity contribution in [1.82, 2.24) is 4.98 Å². The number of carbonyl (C=O) groups is 1. The second-order valence-corrected chi connectivity index (χ2v) is 5.43. The fourth-order valence-corrected chi connectivity index (χ4v) is 2.95. The number of hydrogen-bond donors (Lipinski definition) is 1. The number of rotatable bonds is 4. The molecule has 0 aliphatic heterocycles. The summed E-state index contributed by atoms with van der Waals surface area (Å²) in [4.78, 5) is 15.1. The quantitative estimate of drug-likeness (QED) is 0.718. The predicted molar refractivity (Wildman–Crippen MR) is 89.8 cm³/mol. The van der Waals surface area contributed by atoms with Crippen LogP contribution >= 0.6 is 0 Å². The summed E-state index contributed by atoms with van der Waals surface area (Å²) in [5, 5.41) is 0.966. The van der Waals surface area contributed by atoms with Gasteiger partial charge in [0.1, 0.15) is 5.75 Å². The first-order chi connectivity index (χ1) is 10.7. The second-order valence-electron chi connectivity index (χ2n) is 5.43. The van der Waals surface area contributed by atoms with Gasteiger partial charge >= 0.3 is 0 Å². The van der Waals surface area contributed by atoms with Gasteiger partial charge in [-0.2, -0.15) is 0 Å². The van der Waals surface area contributed by atoms with Crippen molar-refractivity contribution in [2.24, 2.45) is 0 Å². The van der Waals surface area contributed by atoms with Crippen molar-refractivity contribution in [3.05, 3.63) is 53.1 Å². The monoisotopic (exact) mass is 293 g/mol. The highest BCUT2D eigenvalue weighted by molar-refractivity contribution is 6.05. The highest BCUT2D eigenvalue weighted by Crippen LogP contribution is 2.36. The lowest BCUT2D eigenvalue weighted by Gasteiger charge is -2.09. The molecule has 0 aliphatic rings. The summed E-state index contributed by atoms with van der Waals surface area (Å²) in [6.07, 6.45) is 1.84. The molecule has 0 bridgehead atoms. The molecule has 1 heterocycles. The standard InChI is InChI=1S/C19H19NO2/c1-4-13-6-5-7-14-16(11-21)19(20-18(13)14)15-10-12(2)8-9-17(15)22-3/h5-11,20H,4H2,1-3H3. The van der Waals surface area contributed by atoms with E-state index in [0.717, 1.165) is 46.2 Å². The Morgan fingerprint density at radius 1 is 1.23 bits per heavy atom. The molecule has 3 nitrogen and oxygen atoms in total. The third-order valence-electron chi connectivity index (χ3n) is 4.08. The number of carbonyl (C=O) groups excluding carboxylic acids is 1. The number of hydrogen-bond acceptors (Lipinski definition) is 2. The maximum Gasteiger partial charge on any atom is 0.152 e. The van der Waals surface area contributed by atoms with E-state index in [4.69, 9.17) is 4.74 Å². The van der Waals surface area contributed by atoms with E-state index in [1.807, 2.05) is 37.3 Å². The van der Waals surface area contributed by atoms with Gasteiger partial charge in [-0.25, -0.2) is 0 Å². The zero-order valence-corrected chi connectivity index (χ0v) is 13.1. The fourth-order valence-electron chi connectivity index (χ4n) is 2.95. The van der Waals surface area contributed by atoms with Gasteiger partial charge in [-0.05, 0) is 31.0 Å². The molecular weight excluding hydrogens is 274 g/mol. The zero-order chi connectivity index (χ0) is 15.7. The van der Waals surface area contributed by atoms with Crippen LogP contribution in [0.5, 0.6) is 5.75 Å². The number of aryl methyl sites for hydroxylation is 2. The molecule has 0 amide bonds. The van der Waals surface area contributed by atoms with Crippen LogP contribution in [-0.4, -0.2) is 18.4 Å². The summed E-state index contributed by atoms with van der Waals surface area (Å²) in [5.41, 5.74) is 5.80. The Hall–Kier alpha value is -2.55. The van der Waals surface area contributed by atoms with Gasteiger partial charge in [0.2, 0.25) is 0 Å². The van der Waals surface area contributed by atoms with E-state index in [0.29, 0.717) is 5.56 Å². The molecule has 112 valence electrons. The lowest BCUT2D eigenvalue weighted by Crippen LogP contribution is -1.91. The molecule has 1 N–H and O–H groups in total. The first kappa shape index (κ1) is 14.4. The summed E-state index contributed by atoms with van der Waals surface area (Å²) >= 11 is 0. The number of fused-ring (bicyclic) bond motifs is 1. The average molecular weight is 293 g/mol. The van der Waals surface area contributed by atoms with Crippen molar-refractivity contribution in [2.45, 2.75) is 20.3 Å². The Morgan fingerprint density at radius 3 is 2.73 bits per heavy atom. The molecule has 0 unspecified atom stereocenters. The molecule has 0 fully saturated rings. The normalized spacial score (nSPS) is 10.9. The van der Waals surface area contributed by atoms with E-state index < -0.39 is 0 Å². The number of aromatic amines is 1. The largest absolute Gasteiger partial charge is 0.496 e. The van der Waals surface area contributed by atoms with Crippen molar-refractivity contribution in [3.63, 3.8) is 0 Å². The minimum absolute atomic E-state index is 0.689. The van der Waals surface area contributed by atoms with Crippen LogP contribution in [0, 0.1) is 6.92 Å². The highest BCUT2D eigenvalue weighted by Gasteiger charge is 2.17. The maximum atomic E-state index is 11.7. The zero-order valence-electron chi connectivity index (χ0n) is 13.1. The topological polar surface area (TPSA) is 42.1 Å². The first-order valence-electron chi connectivity index (χ1n) is 7.43. The molecule has 2 aromatic carbocycles. The Labute approximate surface area is 129 Å². The lowest BCUT2D eigenvalue weighted by atomic mass is 10.0. The molecule has 0 aliphatic carbocycles. The maximum absolute atomic E-state index is 11.7. The molecule has 0 saturated carbocycles. The van der Waals surface area contributed by atoms with E-state index >= 15 is 0 Å². The molecule has 3 rings (SSSR count). The van der Waals surface area contributed by atoms with Crippen molar-refractivity contribution in [3.8, 4) is 17.0 Å². The summed E-state index contributed by atoms with van der Waals surface area (Å²) in [7, 11) is 1.65. The molecule has 0 radical (unpaired) electrons. The molecule has 22 heavy (non-hydrogen) atoms. The third kappa shape index (κ3) is 2.19. The van der Waals surface area contributed by atoms with Gasteiger partial charge in [0.05, 0.1) is 12.8 Å². The van der Waals surface area contributed by atoms with Gasteiger partial charge in [-0.15, -0.1) is 0 Å². The number of nitrogens with one attached hydrogen (secondary N) is 1. The van der Waals surface area contributed by atoms with Crippen LogP contribution in [0.2, 0.25) is 0 Å². The van der Waals surface area contributed by atoms with Crippen LogP contribution in [0.1, 0.15) is 28.4 Å². The van der Waals surface area contributed by atoms with Gasteiger partial charge in [-0.3, -0.25) is 4.79 Å². The van der Waals surface area contributed by atoms with Crippen LogP contribution < -0.4 is 4.74 Å². The number of H-pyrrole nitrogens is 1. The molecule has 3 aromatic rings. The second kappa shape index (κ2) is 5.68. The van der Waals surface area contributed by atoms with Gasteiger partial charge in [-0.1, -0.05) is 36.8 Å². The van der Waals surface area contributed by atoms with Gasteiger partial charge < -0.3 is 9.72 Å². The molecular formula is C19H19NO2. The first-order valence-corrected chi connectivity index (χ1v) is 7.43. The van der Waals surface area contributed by atoms with Gasteiger partial charge in [0.25, 0.3) is 0 Å². The lowest BCUT2D eigenvalue weighted by molar-refractivity contribution is 0.112. The fraction of sp³-hybridized carbons (Fsp3) is 0.211. The highest BCUT2D eigenvalue weighted by atomic mass is 16.5. The van der Waals surface area contributed by atoms with Crippen LogP contribution in [-0.2, 0) is 6.42 Å². The Balaban J connectivity index is 2.36. The van der Waals surface area contributed by atoms with Crippen LogP contribution in [0.3, 0.4) is 0 Å². The van der Waals surface area contributed by atoms with E-state index in [1.54, 1.807) is 7.11 Å². The molecule has 0 atom stereocenters. The van der Waals surface area contributed by atoms with Gasteiger partial charge in [0.15, 0.2) is 6.29 Å². The van der Waals surface area contributed by atoms with Crippen molar-refractivity contribution >= 4 is 17.2 Å². The third-order valence-corrected chi connectivity index (χ3v) is 4.08. The molecule has 0 spiro atoms. The number of ether oxygens (including phenoxy) is 1. The summed E-state index contributed by atoms with van der Waals surface area (Å²) in [6.45, 7) is 4.15. The summed E-state index contributed by atoms with van der Waals surface area (Å²) in [5.74, 6) is 0.762. The minimum atomic E-state index is 0.689. The van der Waals surface area contributed by atoms with Crippen LogP contribution in [0.4, 0.5) is 0 Å². The average Bonchev–Trinajstić information content (AvgIpc) is 2.93. The number of aldehydes is 1. The van der Waals surface area contributed by atoms with Crippen molar-refractivity contribution in [1.29, 1.82) is 0 Å². The summed E-state index contributed by atoms with van der Waals surface area (Å²) < 4.78 is 5.47.